The maximum absolute atomic E-state index is 11.9. The maximum Gasteiger partial charge on any atom is 0.285 e. The molecular weight excluding hydrogens is 310 g/mol. The van der Waals surface area contributed by atoms with Crippen molar-refractivity contribution in [3.05, 3.63) is 71.3 Å². The van der Waals surface area contributed by atoms with E-state index < -0.39 is 10.0 Å². The standard InChI is InChI=1S/C17H15N3O2S/c1-13(11-14-7-3-2-4-8-14)12-18-19-17-15-9-5-6-10-16(15)23(21,22)20-17/h2-12H,1H3,(H,19,20)/b13-11+,18-12-. The fraction of sp³-hybridized carbons (Fsp3) is 0.0588. The molecule has 2 aromatic carbocycles. The second-order valence-corrected chi connectivity index (χ2v) is 6.65. The Hall–Kier alpha value is -2.73. The number of rotatable bonds is 3. The van der Waals surface area contributed by atoms with Gasteiger partial charge in [0.15, 0.2) is 5.84 Å². The van der Waals surface area contributed by atoms with Gasteiger partial charge in [-0.05, 0) is 30.2 Å². The lowest BCUT2D eigenvalue weighted by Crippen LogP contribution is -2.17. The van der Waals surface area contributed by atoms with Crippen molar-refractivity contribution in [3.8, 4) is 0 Å². The van der Waals surface area contributed by atoms with Crippen LogP contribution in [0.4, 0.5) is 0 Å². The van der Waals surface area contributed by atoms with E-state index in [4.69, 9.17) is 0 Å². The van der Waals surface area contributed by atoms with Gasteiger partial charge in [0, 0.05) is 5.56 Å². The fourth-order valence-electron chi connectivity index (χ4n) is 2.23. The quantitative estimate of drug-likeness (QED) is 0.697. The Morgan fingerprint density at radius 3 is 2.57 bits per heavy atom. The normalized spacial score (nSPS) is 16.2. The number of hydrogen-bond donors (Lipinski definition) is 1. The summed E-state index contributed by atoms with van der Waals surface area (Å²) < 4.78 is 27.5. The molecule has 116 valence electrons. The van der Waals surface area contributed by atoms with Crippen molar-refractivity contribution < 1.29 is 8.42 Å². The highest BCUT2D eigenvalue weighted by atomic mass is 32.2. The van der Waals surface area contributed by atoms with E-state index >= 15 is 0 Å². The van der Waals surface area contributed by atoms with Gasteiger partial charge in [-0.1, -0.05) is 48.5 Å². The molecule has 0 atom stereocenters. The number of nitrogens with zero attached hydrogens (tertiary/aromatic N) is 2. The summed E-state index contributed by atoms with van der Waals surface area (Å²) in [4.78, 5) is 0.203. The second-order valence-electron chi connectivity index (χ2n) is 5.08. The van der Waals surface area contributed by atoms with E-state index in [1.807, 2.05) is 43.3 Å². The first-order valence-electron chi connectivity index (χ1n) is 7.03. The van der Waals surface area contributed by atoms with Crippen LogP contribution in [0.2, 0.25) is 0 Å². The Kier molecular flexibility index (Phi) is 4.08. The lowest BCUT2D eigenvalue weighted by atomic mass is 10.1. The van der Waals surface area contributed by atoms with E-state index in [0.29, 0.717) is 5.56 Å². The number of hydrogen-bond acceptors (Lipinski definition) is 4. The molecule has 1 aliphatic heterocycles. The average Bonchev–Trinajstić information content (AvgIpc) is 2.80. The van der Waals surface area contributed by atoms with Gasteiger partial charge in [0.25, 0.3) is 10.0 Å². The minimum absolute atomic E-state index is 0.203. The van der Waals surface area contributed by atoms with Crippen molar-refractivity contribution in [1.82, 2.24) is 5.43 Å². The number of nitrogens with one attached hydrogen (secondary N) is 1. The zero-order chi connectivity index (χ0) is 16.3. The smallest absolute Gasteiger partial charge is 0.260 e. The van der Waals surface area contributed by atoms with Crippen molar-refractivity contribution in [2.75, 3.05) is 0 Å². The molecule has 0 amide bonds. The average molecular weight is 325 g/mol. The van der Waals surface area contributed by atoms with Crippen LogP contribution in [0.5, 0.6) is 0 Å². The van der Waals surface area contributed by atoms with Gasteiger partial charge in [0.2, 0.25) is 0 Å². The number of hydrazone groups is 1. The number of allylic oxidation sites excluding steroid dienone is 1. The van der Waals surface area contributed by atoms with Gasteiger partial charge in [-0.25, -0.2) is 0 Å². The third-order valence-corrected chi connectivity index (χ3v) is 4.60. The minimum Gasteiger partial charge on any atom is -0.260 e. The highest BCUT2D eigenvalue weighted by Crippen LogP contribution is 2.24. The molecule has 0 saturated carbocycles. The summed E-state index contributed by atoms with van der Waals surface area (Å²) in [5, 5.41) is 4.08. The topological polar surface area (TPSA) is 70.9 Å². The molecule has 0 saturated heterocycles. The molecule has 0 unspecified atom stereocenters. The van der Waals surface area contributed by atoms with Gasteiger partial charge in [-0.15, -0.1) is 4.40 Å². The summed E-state index contributed by atoms with van der Waals surface area (Å²) >= 11 is 0. The lowest BCUT2D eigenvalue weighted by molar-refractivity contribution is 0.599. The van der Waals surface area contributed by atoms with Crippen LogP contribution in [0.25, 0.3) is 6.08 Å². The van der Waals surface area contributed by atoms with Crippen LogP contribution in [-0.4, -0.2) is 20.5 Å². The van der Waals surface area contributed by atoms with Crippen molar-refractivity contribution in [2.45, 2.75) is 11.8 Å². The predicted molar refractivity (Wildman–Crippen MR) is 91.9 cm³/mol. The van der Waals surface area contributed by atoms with E-state index in [9.17, 15) is 8.42 Å². The third kappa shape index (κ3) is 3.37. The molecule has 3 rings (SSSR count). The molecule has 0 radical (unpaired) electrons. The Labute approximate surface area is 135 Å². The highest BCUT2D eigenvalue weighted by Gasteiger charge is 2.27. The first-order valence-corrected chi connectivity index (χ1v) is 8.47. The summed E-state index contributed by atoms with van der Waals surface area (Å²) in [5.41, 5.74) is 5.25. The van der Waals surface area contributed by atoms with Crippen LogP contribution in [-0.2, 0) is 10.0 Å². The van der Waals surface area contributed by atoms with Gasteiger partial charge >= 0.3 is 0 Å². The number of sulfonamides is 1. The fourth-order valence-corrected chi connectivity index (χ4v) is 3.40. The first-order chi connectivity index (χ1) is 11.1. The second kappa shape index (κ2) is 6.18. The van der Waals surface area contributed by atoms with Gasteiger partial charge in [-0.2, -0.15) is 13.5 Å². The molecule has 0 bridgehead atoms. The largest absolute Gasteiger partial charge is 0.285 e. The molecule has 0 fully saturated rings. The van der Waals surface area contributed by atoms with E-state index in [2.05, 4.69) is 14.9 Å². The van der Waals surface area contributed by atoms with Gasteiger partial charge < -0.3 is 0 Å². The number of fused-ring (bicyclic) bond motifs is 1. The van der Waals surface area contributed by atoms with Gasteiger partial charge in [-0.3, -0.25) is 5.43 Å². The highest BCUT2D eigenvalue weighted by molar-refractivity contribution is 7.90. The molecule has 1 aliphatic rings. The Balaban J connectivity index is 1.76. The Bertz CT molecular complexity index is 914. The summed E-state index contributed by atoms with van der Waals surface area (Å²) in [6, 6.07) is 16.5. The summed E-state index contributed by atoms with van der Waals surface area (Å²) in [5.74, 6) is 0.240. The molecule has 23 heavy (non-hydrogen) atoms. The molecular formula is C17H15N3O2S. The summed E-state index contributed by atoms with van der Waals surface area (Å²) in [6.45, 7) is 1.92. The van der Waals surface area contributed by atoms with Crippen molar-refractivity contribution in [2.24, 2.45) is 9.50 Å². The van der Waals surface area contributed by atoms with Gasteiger partial charge in [0.05, 0.1) is 6.21 Å². The molecule has 0 aromatic heterocycles. The number of amidine groups is 1. The predicted octanol–water partition coefficient (Wildman–Crippen LogP) is 2.81. The molecule has 0 aliphatic carbocycles. The molecule has 0 spiro atoms. The van der Waals surface area contributed by atoms with E-state index in [0.717, 1.165) is 11.1 Å². The van der Waals surface area contributed by atoms with Crippen LogP contribution in [0.1, 0.15) is 18.1 Å². The molecule has 1 heterocycles. The minimum atomic E-state index is -3.62. The Morgan fingerprint density at radius 1 is 1.09 bits per heavy atom. The number of benzene rings is 2. The maximum atomic E-state index is 11.9. The van der Waals surface area contributed by atoms with Gasteiger partial charge in [0.1, 0.15) is 4.90 Å². The van der Waals surface area contributed by atoms with Crippen LogP contribution >= 0.6 is 0 Å². The van der Waals surface area contributed by atoms with Crippen molar-refractivity contribution in [3.63, 3.8) is 0 Å². The zero-order valence-corrected chi connectivity index (χ0v) is 13.3. The summed E-state index contributed by atoms with van der Waals surface area (Å²) in [7, 11) is -3.62. The van der Waals surface area contributed by atoms with E-state index in [1.54, 1.807) is 24.4 Å². The Morgan fingerprint density at radius 2 is 1.78 bits per heavy atom. The molecule has 6 heteroatoms. The monoisotopic (exact) mass is 325 g/mol. The zero-order valence-electron chi connectivity index (χ0n) is 12.5. The van der Waals surface area contributed by atoms with Crippen LogP contribution < -0.4 is 5.43 Å². The molecule has 5 nitrogen and oxygen atoms in total. The molecule has 1 N–H and O–H groups in total. The van der Waals surface area contributed by atoms with Crippen molar-refractivity contribution >= 4 is 28.1 Å². The van der Waals surface area contributed by atoms with E-state index in [-0.39, 0.29) is 10.7 Å². The van der Waals surface area contributed by atoms with Crippen LogP contribution in [0.3, 0.4) is 0 Å². The van der Waals surface area contributed by atoms with Crippen molar-refractivity contribution in [1.29, 1.82) is 0 Å². The third-order valence-electron chi connectivity index (χ3n) is 3.26. The van der Waals surface area contributed by atoms with Crippen LogP contribution in [0, 0.1) is 0 Å². The molecule has 2 aromatic rings. The first kappa shape index (κ1) is 15.2. The SMILES string of the molecule is CC(/C=N\NC1=NS(=O)(=O)c2ccccc21)=C\c1ccccc1. The van der Waals surface area contributed by atoms with E-state index in [1.165, 1.54) is 6.07 Å². The summed E-state index contributed by atoms with van der Waals surface area (Å²) in [6.07, 6.45) is 3.61. The van der Waals surface area contributed by atoms with Crippen LogP contribution in [0.15, 0.2) is 74.6 Å². The lowest BCUT2D eigenvalue weighted by Gasteiger charge is -2.00.